The van der Waals surface area contributed by atoms with Gasteiger partial charge in [0.2, 0.25) is 11.8 Å². The standard InChI is InChI=1S/C64H78N8O6/c1-37(2)57(69-63(75)77-7)61(73)71-53-15-11-9-13-47(53)33-55(71)59-65-35-51(67-59)45-27-23-42(24-28-45)49-31-39(5)17-21-43-22-20-41(19-18-40(49)6)32-50(43)44-25-29-46(30-26-44)52-36-66-60(68-52)56-34-48-14-10-12-16-54(48)72(56)62(74)58(38(3)4)70-64(76)78-8/h20,22-32,35-38,47-48,53-58H,5-6,9-19,21,33-34H2,1-4,7-8H3,(H,65,67)(H,66,68)(H,69,75)(H,70,76)/b49-31+/t47-,48-,53-,54-,55-,56-,57-,58-/m0/s1. The van der Waals surface area contributed by atoms with Gasteiger partial charge < -0.3 is 39.9 Å². The third kappa shape index (κ3) is 11.2. The minimum absolute atomic E-state index is 0.0760. The van der Waals surface area contributed by atoms with E-state index in [0.717, 1.165) is 152 Å². The predicted molar refractivity (Wildman–Crippen MR) is 305 cm³/mol. The lowest BCUT2D eigenvalue weighted by Crippen LogP contribution is -2.53. The molecule has 2 aliphatic heterocycles. The summed E-state index contributed by atoms with van der Waals surface area (Å²) in [7, 11) is 2.65. The number of hydrogen-bond donors (Lipinski definition) is 4. The Bertz CT molecular complexity index is 3060. The molecule has 3 aromatic carbocycles. The van der Waals surface area contributed by atoms with Crippen LogP contribution in [0.25, 0.3) is 39.2 Å². The van der Waals surface area contributed by atoms with Crippen LogP contribution in [0.2, 0.25) is 0 Å². The van der Waals surface area contributed by atoms with E-state index in [1.54, 1.807) is 0 Å². The Balaban J connectivity index is 0.825. The lowest BCUT2D eigenvalue weighted by molar-refractivity contribution is -0.139. The predicted octanol–water partition coefficient (Wildman–Crippen LogP) is 12.6. The van der Waals surface area contributed by atoms with Gasteiger partial charge >= 0.3 is 12.2 Å². The highest BCUT2D eigenvalue weighted by Crippen LogP contribution is 2.48. The van der Waals surface area contributed by atoms with Gasteiger partial charge in [0.1, 0.15) is 23.7 Å². The summed E-state index contributed by atoms with van der Waals surface area (Å²) < 4.78 is 9.82. The van der Waals surface area contributed by atoms with Crippen LogP contribution >= 0.6 is 0 Å². The minimum atomic E-state index is -0.697. The molecule has 4 fully saturated rings. The summed E-state index contributed by atoms with van der Waals surface area (Å²) >= 11 is 0. The number of alkyl carbamates (subject to hydrolysis) is 2. The number of amides is 4. The van der Waals surface area contributed by atoms with Crippen LogP contribution < -0.4 is 10.6 Å². The third-order valence-electron chi connectivity index (χ3n) is 17.6. The molecular formula is C64H78N8O6. The number of ether oxygens (including phenoxy) is 2. The molecule has 78 heavy (non-hydrogen) atoms. The smallest absolute Gasteiger partial charge is 0.407 e. The lowest BCUT2D eigenvalue weighted by atomic mass is 9.84. The summed E-state index contributed by atoms with van der Waals surface area (Å²) in [4.78, 5) is 74.7. The van der Waals surface area contributed by atoms with Crippen LogP contribution in [-0.4, -0.2) is 92.1 Å². The second kappa shape index (κ2) is 23.4. The van der Waals surface area contributed by atoms with Gasteiger partial charge in [-0.25, -0.2) is 19.6 Å². The quantitative estimate of drug-likeness (QED) is 0.0955. The van der Waals surface area contributed by atoms with Crippen molar-refractivity contribution in [2.24, 2.45) is 23.7 Å². The maximum absolute atomic E-state index is 14.4. The van der Waals surface area contributed by atoms with E-state index in [-0.39, 0.29) is 47.8 Å². The van der Waals surface area contributed by atoms with Crippen molar-refractivity contribution in [1.82, 2.24) is 40.4 Å². The van der Waals surface area contributed by atoms with Crippen LogP contribution in [0.3, 0.4) is 0 Å². The number of methoxy groups -OCH3 is 2. The van der Waals surface area contributed by atoms with Crippen molar-refractivity contribution in [3.05, 3.63) is 138 Å². The molecule has 5 aromatic rings. The molecule has 410 valence electrons. The fourth-order valence-electron chi connectivity index (χ4n) is 13.4. The summed E-state index contributed by atoms with van der Waals surface area (Å²) in [5.74, 6) is 1.96. The zero-order chi connectivity index (χ0) is 54.8. The van der Waals surface area contributed by atoms with E-state index in [1.165, 1.54) is 30.9 Å². The van der Waals surface area contributed by atoms with Gasteiger partial charge in [0.15, 0.2) is 0 Å². The number of hydrogen-bond acceptors (Lipinski definition) is 8. The Morgan fingerprint density at radius 1 is 0.603 bits per heavy atom. The zero-order valence-electron chi connectivity index (χ0n) is 46.4. The zero-order valence-corrected chi connectivity index (χ0v) is 46.4. The Kier molecular flexibility index (Phi) is 16.2. The summed E-state index contributed by atoms with van der Waals surface area (Å²) in [5, 5.41) is 5.64. The van der Waals surface area contributed by atoms with E-state index in [4.69, 9.17) is 19.4 Å². The molecule has 4 N–H and O–H groups in total. The summed E-state index contributed by atoms with van der Waals surface area (Å²) in [5.41, 5.74) is 12.7. The molecule has 14 heteroatoms. The SMILES string of the molecule is C=C1/C=C(/c2ccc(-c3c[nH]c([C@@H]4C[C@@H]5CCCC[C@@H]5N4C(=O)[C@@H](NC(=O)OC)C(C)C)n3)cc2)C(=C)CCc2ccc(c(-c3ccc(-c4c[nH]c([C@@H]5C[C@@H]6CCCC[C@@H]6N5C(=O)[C@@H](NC(=O)OC)C(C)C)n4)cc3)c2)CC1. The molecule has 2 bridgehead atoms. The average molecular weight is 1060 g/mol. The monoisotopic (exact) mass is 1050 g/mol. The second-order valence-corrected chi connectivity index (χ2v) is 23.2. The number of rotatable bonds is 12. The average Bonchev–Trinajstić information content (AvgIpc) is 4.43. The van der Waals surface area contributed by atoms with E-state index in [1.807, 2.05) is 49.9 Å². The number of likely N-dealkylation sites (tertiary alicyclic amines) is 2. The van der Waals surface area contributed by atoms with Crippen LogP contribution in [0.4, 0.5) is 9.59 Å². The third-order valence-corrected chi connectivity index (χ3v) is 17.6. The van der Waals surface area contributed by atoms with Gasteiger partial charge in [-0.05, 0) is 127 Å². The molecule has 6 aliphatic rings. The summed E-state index contributed by atoms with van der Waals surface area (Å²) in [6, 6.07) is 22.5. The van der Waals surface area contributed by atoms with E-state index in [2.05, 4.69) is 107 Å². The Morgan fingerprint density at radius 2 is 1.08 bits per heavy atom. The van der Waals surface area contributed by atoms with Crippen molar-refractivity contribution in [2.45, 2.75) is 154 Å². The molecule has 2 aromatic heterocycles. The van der Waals surface area contributed by atoms with E-state index in [0.29, 0.717) is 11.8 Å². The molecule has 2 saturated carbocycles. The largest absolute Gasteiger partial charge is 0.453 e. The first-order chi connectivity index (χ1) is 37.7. The Hall–Kier alpha value is -7.22. The molecule has 0 unspecified atom stereocenters. The highest BCUT2D eigenvalue weighted by molar-refractivity contribution is 5.88. The van der Waals surface area contributed by atoms with Gasteiger partial charge in [-0.1, -0.05) is 145 Å². The van der Waals surface area contributed by atoms with Gasteiger partial charge in [0.25, 0.3) is 0 Å². The molecule has 4 aliphatic carbocycles. The Labute approximate surface area is 460 Å². The van der Waals surface area contributed by atoms with Crippen molar-refractivity contribution in [3.8, 4) is 33.6 Å². The number of H-pyrrole nitrogens is 2. The molecule has 8 atom stereocenters. The van der Waals surface area contributed by atoms with Crippen molar-refractivity contribution in [2.75, 3.05) is 14.2 Å². The first-order valence-corrected chi connectivity index (χ1v) is 28.5. The van der Waals surface area contributed by atoms with E-state index in [9.17, 15) is 19.2 Å². The topological polar surface area (TPSA) is 175 Å². The number of carbonyl (C=O) groups excluding carboxylic acids is 4. The Morgan fingerprint density at radius 3 is 1.56 bits per heavy atom. The van der Waals surface area contributed by atoms with Crippen LogP contribution in [0.5, 0.6) is 0 Å². The van der Waals surface area contributed by atoms with Crippen molar-refractivity contribution >= 4 is 29.6 Å². The lowest BCUT2D eigenvalue weighted by Gasteiger charge is -2.36. The number of carbonyl (C=O) groups is 4. The van der Waals surface area contributed by atoms with Crippen molar-refractivity contribution < 1.29 is 28.7 Å². The second-order valence-electron chi connectivity index (χ2n) is 23.2. The number of aromatic amines is 2. The van der Waals surface area contributed by atoms with Gasteiger partial charge in [-0.2, -0.15) is 0 Å². The van der Waals surface area contributed by atoms with E-state index < -0.39 is 24.3 Å². The van der Waals surface area contributed by atoms with Crippen molar-refractivity contribution in [1.29, 1.82) is 0 Å². The van der Waals surface area contributed by atoms with Crippen molar-refractivity contribution in [3.63, 3.8) is 0 Å². The molecule has 0 radical (unpaired) electrons. The summed E-state index contributed by atoms with van der Waals surface area (Å²) in [6.07, 6.45) is 18.4. The highest BCUT2D eigenvalue weighted by atomic mass is 16.5. The molecule has 11 rings (SSSR count). The molecule has 4 heterocycles. The summed E-state index contributed by atoms with van der Waals surface area (Å²) in [6.45, 7) is 17.0. The fraction of sp³-hybridized carbons (Fsp3) is 0.469. The number of nitrogens with zero attached hydrogens (tertiary/aromatic N) is 4. The van der Waals surface area contributed by atoms with E-state index >= 15 is 0 Å². The number of fused-ring (bicyclic) bond motifs is 10. The fourth-order valence-corrected chi connectivity index (χ4v) is 13.4. The van der Waals surface area contributed by atoms with Crippen LogP contribution in [0.15, 0.2) is 110 Å². The van der Waals surface area contributed by atoms with Crippen LogP contribution in [-0.2, 0) is 31.9 Å². The first-order valence-electron chi connectivity index (χ1n) is 28.5. The van der Waals surface area contributed by atoms with Gasteiger partial charge in [0, 0.05) is 35.6 Å². The normalized spacial score (nSPS) is 23.9. The molecule has 14 nitrogen and oxygen atoms in total. The molecule has 2 saturated heterocycles. The number of allylic oxidation sites excluding steroid dienone is 4. The van der Waals surface area contributed by atoms with Gasteiger partial charge in [-0.3, -0.25) is 9.59 Å². The number of nitrogens with one attached hydrogen (secondary N) is 4. The van der Waals surface area contributed by atoms with Crippen LogP contribution in [0.1, 0.15) is 145 Å². The molecular weight excluding hydrogens is 977 g/mol. The van der Waals surface area contributed by atoms with Gasteiger partial charge in [0.05, 0.1) is 37.7 Å². The number of benzene rings is 3. The number of aromatic nitrogens is 4. The maximum atomic E-state index is 14.4. The first kappa shape index (κ1) is 54.1. The molecule has 0 spiro atoms. The highest BCUT2D eigenvalue weighted by Gasteiger charge is 2.50. The van der Waals surface area contributed by atoms with Crippen LogP contribution in [0, 0.1) is 23.7 Å². The number of aryl methyl sites for hydroxylation is 2. The minimum Gasteiger partial charge on any atom is -0.453 e. The van der Waals surface area contributed by atoms with Gasteiger partial charge in [-0.15, -0.1) is 0 Å². The maximum Gasteiger partial charge on any atom is 0.407 e. The molecule has 4 amide bonds. The number of imidazole rings is 2.